The molecular weight excluding hydrogens is 276 g/mol. The molecule has 0 spiro atoms. The van der Waals surface area contributed by atoms with Crippen LogP contribution in [0.5, 0.6) is 0 Å². The third-order valence-corrected chi connectivity index (χ3v) is 4.38. The van der Waals surface area contributed by atoms with Gasteiger partial charge in [-0.25, -0.2) is 17.2 Å². The summed E-state index contributed by atoms with van der Waals surface area (Å²) in [5, 5.41) is 0. The van der Waals surface area contributed by atoms with Crippen molar-refractivity contribution in [3.8, 4) is 0 Å². The molecule has 0 aliphatic rings. The maximum atomic E-state index is 13.4. The molecule has 0 fully saturated rings. The first-order chi connectivity index (χ1) is 8.90. The molecule has 2 N–H and O–H groups in total. The van der Waals surface area contributed by atoms with Gasteiger partial charge in [-0.05, 0) is 25.5 Å². The second kappa shape index (κ2) is 6.93. The minimum atomic E-state index is -3.81. The fraction of sp³-hybridized carbons (Fsp3) is 0.500. The van der Waals surface area contributed by atoms with Crippen molar-refractivity contribution in [1.29, 1.82) is 0 Å². The molecule has 1 aromatic carbocycles. The average Bonchev–Trinajstić information content (AvgIpc) is 2.34. The van der Waals surface area contributed by atoms with E-state index in [0.29, 0.717) is 12.7 Å². The Labute approximate surface area is 111 Å². The Morgan fingerprint density at radius 2 is 2.05 bits per heavy atom. The SMILES string of the molecule is CCOC(CN)CCS(=O)(=O)c1ccc(F)cc1F. The highest BCUT2D eigenvalue weighted by Crippen LogP contribution is 2.18. The third-order valence-electron chi connectivity index (χ3n) is 2.60. The van der Waals surface area contributed by atoms with Crippen LogP contribution in [0.2, 0.25) is 0 Å². The van der Waals surface area contributed by atoms with Crippen LogP contribution in [0.1, 0.15) is 13.3 Å². The van der Waals surface area contributed by atoms with E-state index in [1.807, 2.05) is 0 Å². The lowest BCUT2D eigenvalue weighted by atomic mass is 10.3. The van der Waals surface area contributed by atoms with E-state index < -0.39 is 26.4 Å². The van der Waals surface area contributed by atoms with Crippen LogP contribution in [0, 0.1) is 11.6 Å². The predicted molar refractivity (Wildman–Crippen MR) is 67.5 cm³/mol. The largest absolute Gasteiger partial charge is 0.377 e. The van der Waals surface area contributed by atoms with Crippen LogP contribution in [0.4, 0.5) is 8.78 Å². The van der Waals surface area contributed by atoms with Crippen molar-refractivity contribution in [2.24, 2.45) is 5.73 Å². The minimum Gasteiger partial charge on any atom is -0.377 e. The molecule has 0 saturated heterocycles. The molecule has 0 aromatic heterocycles. The third kappa shape index (κ3) is 4.52. The summed E-state index contributed by atoms with van der Waals surface area (Å²) in [6, 6.07) is 2.40. The summed E-state index contributed by atoms with van der Waals surface area (Å²) in [6.45, 7) is 2.39. The standard InChI is InChI=1S/C12H17F2NO3S/c1-2-18-10(8-15)5-6-19(16,17)12-4-3-9(13)7-11(12)14/h3-4,7,10H,2,5-6,8,15H2,1H3. The van der Waals surface area contributed by atoms with Crippen molar-refractivity contribution in [2.45, 2.75) is 24.3 Å². The zero-order valence-corrected chi connectivity index (χ0v) is 11.4. The minimum absolute atomic E-state index is 0.170. The van der Waals surface area contributed by atoms with Crippen molar-refractivity contribution in [1.82, 2.24) is 0 Å². The lowest BCUT2D eigenvalue weighted by molar-refractivity contribution is 0.0670. The highest BCUT2D eigenvalue weighted by Gasteiger charge is 2.21. The second-order valence-electron chi connectivity index (χ2n) is 4.00. The first kappa shape index (κ1) is 16.0. The summed E-state index contributed by atoms with van der Waals surface area (Å²) in [5.41, 5.74) is 5.43. The van der Waals surface area contributed by atoms with E-state index in [9.17, 15) is 17.2 Å². The molecule has 0 amide bonds. The van der Waals surface area contributed by atoms with Gasteiger partial charge in [0.05, 0.1) is 11.9 Å². The normalized spacial score (nSPS) is 13.5. The molecule has 0 heterocycles. The summed E-state index contributed by atoms with van der Waals surface area (Å²) >= 11 is 0. The van der Waals surface area contributed by atoms with Gasteiger partial charge in [-0.1, -0.05) is 0 Å². The van der Waals surface area contributed by atoms with Crippen LogP contribution in [-0.4, -0.2) is 33.4 Å². The van der Waals surface area contributed by atoms with Crippen molar-refractivity contribution < 1.29 is 21.9 Å². The monoisotopic (exact) mass is 293 g/mol. The zero-order valence-electron chi connectivity index (χ0n) is 10.6. The van der Waals surface area contributed by atoms with Gasteiger partial charge in [0.2, 0.25) is 0 Å². The Bertz CT molecular complexity index is 520. The van der Waals surface area contributed by atoms with Crippen molar-refractivity contribution >= 4 is 9.84 Å². The molecular formula is C12H17F2NO3S. The Hall–Kier alpha value is -1.05. The highest BCUT2D eigenvalue weighted by atomic mass is 32.2. The first-order valence-corrected chi connectivity index (χ1v) is 7.55. The Kier molecular flexibility index (Phi) is 5.84. The van der Waals surface area contributed by atoms with Gasteiger partial charge in [-0.15, -0.1) is 0 Å². The number of sulfone groups is 1. The van der Waals surface area contributed by atoms with Gasteiger partial charge in [-0.2, -0.15) is 0 Å². The van der Waals surface area contributed by atoms with E-state index in [1.54, 1.807) is 6.92 Å². The second-order valence-corrected chi connectivity index (χ2v) is 6.07. The van der Waals surface area contributed by atoms with Gasteiger partial charge in [0.1, 0.15) is 16.5 Å². The molecule has 1 unspecified atom stereocenters. The molecule has 0 aliphatic heterocycles. The maximum absolute atomic E-state index is 13.4. The van der Waals surface area contributed by atoms with E-state index >= 15 is 0 Å². The van der Waals surface area contributed by atoms with Gasteiger partial charge in [0.15, 0.2) is 9.84 Å². The van der Waals surface area contributed by atoms with E-state index in [-0.39, 0.29) is 24.8 Å². The van der Waals surface area contributed by atoms with Crippen LogP contribution in [-0.2, 0) is 14.6 Å². The van der Waals surface area contributed by atoms with Crippen LogP contribution >= 0.6 is 0 Å². The van der Waals surface area contributed by atoms with E-state index in [2.05, 4.69) is 0 Å². The highest BCUT2D eigenvalue weighted by molar-refractivity contribution is 7.91. The van der Waals surface area contributed by atoms with Crippen LogP contribution in [0.25, 0.3) is 0 Å². The first-order valence-electron chi connectivity index (χ1n) is 5.90. The maximum Gasteiger partial charge on any atom is 0.181 e. The Morgan fingerprint density at radius 1 is 1.37 bits per heavy atom. The van der Waals surface area contributed by atoms with Crippen molar-refractivity contribution in [2.75, 3.05) is 18.9 Å². The smallest absolute Gasteiger partial charge is 0.181 e. The quantitative estimate of drug-likeness (QED) is 0.773. The zero-order chi connectivity index (χ0) is 14.5. The summed E-state index contributed by atoms with van der Waals surface area (Å²) in [6.07, 6.45) is -0.216. The summed E-state index contributed by atoms with van der Waals surface area (Å²) in [5.74, 6) is -2.19. The number of hydrogen-bond acceptors (Lipinski definition) is 4. The number of halogens is 2. The molecule has 0 radical (unpaired) electrons. The van der Waals surface area contributed by atoms with Crippen molar-refractivity contribution in [3.63, 3.8) is 0 Å². The predicted octanol–water partition coefficient (Wildman–Crippen LogP) is 1.49. The molecule has 19 heavy (non-hydrogen) atoms. The van der Waals surface area contributed by atoms with Gasteiger partial charge in [0, 0.05) is 19.2 Å². The molecule has 1 atom stereocenters. The number of nitrogens with two attached hydrogens (primary N) is 1. The molecule has 108 valence electrons. The molecule has 0 bridgehead atoms. The van der Waals surface area contributed by atoms with E-state index in [1.165, 1.54) is 0 Å². The van der Waals surface area contributed by atoms with Gasteiger partial charge < -0.3 is 10.5 Å². The molecule has 0 saturated carbocycles. The summed E-state index contributed by atoms with van der Waals surface area (Å²) in [4.78, 5) is -0.499. The van der Waals surface area contributed by atoms with Crippen LogP contribution in [0.15, 0.2) is 23.1 Å². The lowest BCUT2D eigenvalue weighted by Gasteiger charge is -2.14. The van der Waals surface area contributed by atoms with Crippen LogP contribution in [0.3, 0.4) is 0 Å². The number of hydrogen-bond donors (Lipinski definition) is 1. The van der Waals surface area contributed by atoms with Crippen molar-refractivity contribution in [3.05, 3.63) is 29.8 Å². The van der Waals surface area contributed by atoms with Gasteiger partial charge in [0.25, 0.3) is 0 Å². The molecule has 7 heteroatoms. The molecule has 1 rings (SSSR count). The number of rotatable bonds is 7. The fourth-order valence-electron chi connectivity index (χ4n) is 1.63. The van der Waals surface area contributed by atoms with Gasteiger partial charge in [-0.3, -0.25) is 0 Å². The number of benzene rings is 1. The van der Waals surface area contributed by atoms with E-state index in [4.69, 9.17) is 10.5 Å². The molecule has 0 aliphatic carbocycles. The average molecular weight is 293 g/mol. The topological polar surface area (TPSA) is 69.4 Å². The molecule has 4 nitrogen and oxygen atoms in total. The fourth-order valence-corrected chi connectivity index (χ4v) is 3.05. The van der Waals surface area contributed by atoms with Gasteiger partial charge >= 0.3 is 0 Å². The summed E-state index contributed by atoms with van der Waals surface area (Å²) in [7, 11) is -3.81. The summed E-state index contributed by atoms with van der Waals surface area (Å²) < 4.78 is 55.2. The van der Waals surface area contributed by atoms with Crippen LogP contribution < -0.4 is 5.73 Å². The number of ether oxygens (including phenoxy) is 1. The Balaban J connectivity index is 2.81. The Morgan fingerprint density at radius 3 is 2.58 bits per heavy atom. The van der Waals surface area contributed by atoms with E-state index in [0.717, 1.165) is 12.1 Å². The lowest BCUT2D eigenvalue weighted by Crippen LogP contribution is -2.26. The molecule has 1 aromatic rings.